The highest BCUT2D eigenvalue weighted by molar-refractivity contribution is 5.77. The van der Waals surface area contributed by atoms with Crippen molar-refractivity contribution >= 4 is 5.91 Å². The molecule has 1 heterocycles. The van der Waals surface area contributed by atoms with E-state index in [0.717, 1.165) is 50.6 Å². The summed E-state index contributed by atoms with van der Waals surface area (Å²) in [4.78, 5) is 16.7. The number of likely N-dealkylation sites (tertiary alicyclic amines) is 1. The van der Waals surface area contributed by atoms with E-state index >= 15 is 0 Å². The van der Waals surface area contributed by atoms with Crippen molar-refractivity contribution in [3.05, 3.63) is 0 Å². The molecule has 0 aromatic rings. The maximum absolute atomic E-state index is 12.6. The molecule has 2 rings (SSSR count). The zero-order valence-electron chi connectivity index (χ0n) is 16.7. The van der Waals surface area contributed by atoms with Gasteiger partial charge in [0.25, 0.3) is 0 Å². The van der Waals surface area contributed by atoms with Crippen LogP contribution in [-0.2, 0) is 9.53 Å². The van der Waals surface area contributed by atoms with Crippen molar-refractivity contribution in [3.8, 4) is 0 Å². The molecule has 0 aromatic heterocycles. The van der Waals surface area contributed by atoms with Crippen molar-refractivity contribution in [2.75, 3.05) is 33.8 Å². The predicted molar refractivity (Wildman–Crippen MR) is 102 cm³/mol. The minimum Gasteiger partial charge on any atom is -0.376 e. The highest BCUT2D eigenvalue weighted by Gasteiger charge is 2.33. The summed E-state index contributed by atoms with van der Waals surface area (Å²) in [6.45, 7) is 6.87. The molecule has 0 unspecified atom stereocenters. The number of amides is 1. The number of ether oxygens (including phenoxy) is 1. The molecular formula is C20H39N3O2. The third-order valence-corrected chi connectivity index (χ3v) is 6.09. The molecule has 2 aliphatic rings. The third kappa shape index (κ3) is 6.22. The van der Waals surface area contributed by atoms with Crippen molar-refractivity contribution in [1.82, 2.24) is 9.80 Å². The molecule has 0 aromatic carbocycles. The van der Waals surface area contributed by atoms with Crippen LogP contribution in [0.1, 0.15) is 58.8 Å². The SMILES string of the molecule is CC(C)[C@H]1CC[C@@H](OC[C@H]2[C@@H](N)CCCN2C(=O)CCN(C)C)CC1. The Balaban J connectivity index is 1.83. The highest BCUT2D eigenvalue weighted by Crippen LogP contribution is 2.31. The van der Waals surface area contributed by atoms with Crippen LogP contribution in [0.25, 0.3) is 0 Å². The summed E-state index contributed by atoms with van der Waals surface area (Å²) in [5, 5.41) is 0. The van der Waals surface area contributed by atoms with Crippen LogP contribution >= 0.6 is 0 Å². The molecule has 1 aliphatic heterocycles. The quantitative estimate of drug-likeness (QED) is 0.764. The molecule has 1 saturated carbocycles. The number of nitrogens with zero attached hydrogens (tertiary/aromatic N) is 2. The zero-order chi connectivity index (χ0) is 18.4. The summed E-state index contributed by atoms with van der Waals surface area (Å²) in [6.07, 6.45) is 7.75. The van der Waals surface area contributed by atoms with Gasteiger partial charge in [-0.2, -0.15) is 0 Å². The molecule has 2 fully saturated rings. The van der Waals surface area contributed by atoms with Crippen molar-refractivity contribution in [2.45, 2.75) is 77.0 Å². The topological polar surface area (TPSA) is 58.8 Å². The lowest BCUT2D eigenvalue weighted by Gasteiger charge is -2.41. The molecule has 5 nitrogen and oxygen atoms in total. The Morgan fingerprint density at radius 1 is 1.20 bits per heavy atom. The van der Waals surface area contributed by atoms with E-state index in [0.29, 0.717) is 19.1 Å². The average Bonchev–Trinajstić information content (AvgIpc) is 2.58. The second-order valence-electron chi connectivity index (χ2n) is 8.63. The summed E-state index contributed by atoms with van der Waals surface area (Å²) < 4.78 is 6.24. The largest absolute Gasteiger partial charge is 0.376 e. The summed E-state index contributed by atoms with van der Waals surface area (Å²) in [5.41, 5.74) is 6.36. The number of hydrogen-bond donors (Lipinski definition) is 1. The van der Waals surface area contributed by atoms with E-state index in [1.165, 1.54) is 12.8 Å². The summed E-state index contributed by atoms with van der Waals surface area (Å²) in [7, 11) is 4.01. The lowest BCUT2D eigenvalue weighted by Crippen LogP contribution is -2.57. The lowest BCUT2D eigenvalue weighted by molar-refractivity contribution is -0.138. The van der Waals surface area contributed by atoms with Gasteiger partial charge in [0, 0.05) is 25.6 Å². The lowest BCUT2D eigenvalue weighted by atomic mass is 9.80. The predicted octanol–water partition coefficient (Wildman–Crippen LogP) is 2.49. The first-order chi connectivity index (χ1) is 11.9. The van der Waals surface area contributed by atoms with E-state index in [1.54, 1.807) is 0 Å². The first-order valence-corrected chi connectivity index (χ1v) is 10.2. The molecule has 5 heteroatoms. The van der Waals surface area contributed by atoms with Crippen LogP contribution in [-0.4, -0.2) is 67.7 Å². The van der Waals surface area contributed by atoms with Gasteiger partial charge in [-0.3, -0.25) is 4.79 Å². The van der Waals surface area contributed by atoms with Gasteiger partial charge in [0.05, 0.1) is 18.8 Å². The summed E-state index contributed by atoms with van der Waals surface area (Å²) >= 11 is 0. The molecule has 0 bridgehead atoms. The Morgan fingerprint density at radius 2 is 1.88 bits per heavy atom. The Hall–Kier alpha value is -0.650. The van der Waals surface area contributed by atoms with Crippen LogP contribution < -0.4 is 5.73 Å². The molecule has 25 heavy (non-hydrogen) atoms. The number of rotatable bonds is 7. The van der Waals surface area contributed by atoms with E-state index in [2.05, 4.69) is 18.7 Å². The standard InChI is InChI=1S/C20H39N3O2/c1-15(2)16-7-9-17(10-8-16)25-14-19-18(21)6-5-12-23(19)20(24)11-13-22(3)4/h15-19H,5-14,21H2,1-4H3/t16-,17+,18-,19-/m0/s1. The number of carbonyl (C=O) groups excluding carboxylic acids is 1. The number of hydrogen-bond acceptors (Lipinski definition) is 4. The molecule has 146 valence electrons. The third-order valence-electron chi connectivity index (χ3n) is 6.09. The first-order valence-electron chi connectivity index (χ1n) is 10.2. The van der Waals surface area contributed by atoms with Crippen LogP contribution in [0.5, 0.6) is 0 Å². The van der Waals surface area contributed by atoms with Gasteiger partial charge in [-0.25, -0.2) is 0 Å². The molecule has 1 aliphatic carbocycles. The molecule has 1 saturated heterocycles. The van der Waals surface area contributed by atoms with Gasteiger partial charge in [0.15, 0.2) is 0 Å². The minimum atomic E-state index is 0.0454. The Bertz CT molecular complexity index is 406. The van der Waals surface area contributed by atoms with Gasteiger partial charge >= 0.3 is 0 Å². The molecular weight excluding hydrogens is 314 g/mol. The van der Waals surface area contributed by atoms with Crippen molar-refractivity contribution in [1.29, 1.82) is 0 Å². The molecule has 2 N–H and O–H groups in total. The molecule has 2 atom stereocenters. The van der Waals surface area contributed by atoms with E-state index in [-0.39, 0.29) is 18.0 Å². The van der Waals surface area contributed by atoms with Crippen molar-refractivity contribution in [3.63, 3.8) is 0 Å². The van der Waals surface area contributed by atoms with Gasteiger partial charge in [-0.05, 0) is 64.5 Å². The van der Waals surface area contributed by atoms with Gasteiger partial charge in [-0.1, -0.05) is 13.8 Å². The highest BCUT2D eigenvalue weighted by atomic mass is 16.5. The first kappa shape index (κ1) is 20.7. The molecule has 0 radical (unpaired) electrons. The molecule has 0 spiro atoms. The van der Waals surface area contributed by atoms with Gasteiger partial charge < -0.3 is 20.3 Å². The summed E-state index contributed by atoms with van der Waals surface area (Å²) in [6, 6.07) is 0.0929. The maximum atomic E-state index is 12.6. The monoisotopic (exact) mass is 353 g/mol. The fourth-order valence-electron chi connectivity index (χ4n) is 4.23. The van der Waals surface area contributed by atoms with Gasteiger partial charge in [0.2, 0.25) is 5.91 Å². The Labute approximate surface area is 154 Å². The van der Waals surface area contributed by atoms with E-state index in [9.17, 15) is 4.79 Å². The smallest absolute Gasteiger partial charge is 0.224 e. The number of nitrogens with two attached hydrogens (primary N) is 1. The minimum absolute atomic E-state index is 0.0454. The zero-order valence-corrected chi connectivity index (χ0v) is 16.7. The van der Waals surface area contributed by atoms with Gasteiger partial charge in [0.1, 0.15) is 0 Å². The normalized spacial score (nSPS) is 30.9. The van der Waals surface area contributed by atoms with Crippen LogP contribution in [0.4, 0.5) is 0 Å². The number of carbonyl (C=O) groups is 1. The Kier molecular flexibility index (Phi) is 8.17. The van der Waals surface area contributed by atoms with E-state index in [4.69, 9.17) is 10.5 Å². The maximum Gasteiger partial charge on any atom is 0.224 e. The van der Waals surface area contributed by atoms with Crippen LogP contribution in [0.3, 0.4) is 0 Å². The second kappa shape index (κ2) is 9.89. The van der Waals surface area contributed by atoms with Crippen molar-refractivity contribution in [2.24, 2.45) is 17.6 Å². The second-order valence-corrected chi connectivity index (χ2v) is 8.63. The fourth-order valence-corrected chi connectivity index (χ4v) is 4.23. The van der Waals surface area contributed by atoms with E-state index < -0.39 is 0 Å². The average molecular weight is 354 g/mol. The molecule has 1 amide bonds. The van der Waals surface area contributed by atoms with E-state index in [1.807, 2.05) is 19.0 Å². The Morgan fingerprint density at radius 3 is 2.48 bits per heavy atom. The fraction of sp³-hybridized carbons (Fsp3) is 0.950. The number of piperidine rings is 1. The van der Waals surface area contributed by atoms with Crippen LogP contribution in [0.2, 0.25) is 0 Å². The van der Waals surface area contributed by atoms with Crippen LogP contribution in [0, 0.1) is 11.8 Å². The van der Waals surface area contributed by atoms with Gasteiger partial charge in [-0.15, -0.1) is 0 Å². The van der Waals surface area contributed by atoms with Crippen molar-refractivity contribution < 1.29 is 9.53 Å². The summed E-state index contributed by atoms with van der Waals surface area (Å²) in [5.74, 6) is 1.85. The van der Waals surface area contributed by atoms with Crippen LogP contribution in [0.15, 0.2) is 0 Å².